The van der Waals surface area contributed by atoms with Gasteiger partial charge in [0.2, 0.25) is 5.91 Å². The van der Waals surface area contributed by atoms with Gasteiger partial charge in [0.25, 0.3) is 0 Å². The number of carbonyl (C=O) groups is 1. The van der Waals surface area contributed by atoms with Crippen LogP contribution in [0, 0.1) is 5.41 Å². The van der Waals surface area contributed by atoms with Crippen molar-refractivity contribution in [1.82, 2.24) is 9.80 Å². The Morgan fingerprint density at radius 3 is 2.15 bits per heavy atom. The normalized spacial score (nSPS) is 24.7. The molecule has 2 aliphatic rings. The number of hydrogen-bond donors (Lipinski definition) is 1. The van der Waals surface area contributed by atoms with E-state index in [-0.39, 0.29) is 16.9 Å². The molecule has 2 N–H and O–H groups in total. The largest absolute Gasteiger partial charge is 0.381 e. The lowest BCUT2D eigenvalue weighted by Gasteiger charge is -2.45. The van der Waals surface area contributed by atoms with Gasteiger partial charge in [-0.25, -0.2) is 0 Å². The molecule has 0 unspecified atom stereocenters. The van der Waals surface area contributed by atoms with Crippen molar-refractivity contribution in [3.8, 4) is 0 Å². The fourth-order valence-corrected chi connectivity index (χ4v) is 3.18. The molecule has 2 rings (SSSR count). The average Bonchev–Trinajstić information content (AvgIpc) is 2.46. The minimum Gasteiger partial charge on any atom is -0.381 e. The molecule has 0 spiro atoms. The van der Waals surface area contributed by atoms with E-state index < -0.39 is 0 Å². The van der Waals surface area contributed by atoms with Crippen molar-refractivity contribution >= 4 is 5.91 Å². The Kier molecular flexibility index (Phi) is 4.72. The second-order valence-electron chi connectivity index (χ2n) is 7.05. The summed E-state index contributed by atoms with van der Waals surface area (Å²) in [4.78, 5) is 17.3. The SMILES string of the molecule is CC(C)(C)N1CCN(C(=O)C2(CN)CCOCC2)CC1. The molecule has 0 atom stereocenters. The Bertz CT molecular complexity index is 338. The first kappa shape index (κ1) is 15.7. The molecule has 20 heavy (non-hydrogen) atoms. The molecular formula is C15H29N3O2. The summed E-state index contributed by atoms with van der Waals surface area (Å²) in [5, 5.41) is 0. The first-order chi connectivity index (χ1) is 9.39. The summed E-state index contributed by atoms with van der Waals surface area (Å²) < 4.78 is 5.39. The van der Waals surface area contributed by atoms with Crippen molar-refractivity contribution < 1.29 is 9.53 Å². The average molecular weight is 283 g/mol. The molecule has 1 amide bonds. The molecule has 116 valence electrons. The van der Waals surface area contributed by atoms with Gasteiger partial charge in [0, 0.05) is 51.5 Å². The number of rotatable bonds is 2. The zero-order valence-corrected chi connectivity index (χ0v) is 13.2. The van der Waals surface area contributed by atoms with Crippen LogP contribution in [0.1, 0.15) is 33.6 Å². The van der Waals surface area contributed by atoms with E-state index in [4.69, 9.17) is 10.5 Å². The standard InChI is InChI=1S/C15H29N3O2/c1-14(2,3)18-8-6-17(7-9-18)13(19)15(12-16)4-10-20-11-5-15/h4-12,16H2,1-3H3. The molecule has 0 aliphatic carbocycles. The molecule has 0 aromatic carbocycles. The van der Waals surface area contributed by atoms with Crippen molar-refractivity contribution in [2.75, 3.05) is 45.9 Å². The summed E-state index contributed by atoms with van der Waals surface area (Å²) in [6.07, 6.45) is 1.53. The minimum absolute atomic E-state index is 0.180. The lowest BCUT2D eigenvalue weighted by Crippen LogP contribution is -2.59. The van der Waals surface area contributed by atoms with E-state index in [1.165, 1.54) is 0 Å². The van der Waals surface area contributed by atoms with Crippen molar-refractivity contribution in [2.24, 2.45) is 11.1 Å². The van der Waals surface area contributed by atoms with Gasteiger partial charge >= 0.3 is 0 Å². The molecule has 0 radical (unpaired) electrons. The predicted octanol–water partition coefficient (Wildman–Crippen LogP) is 0.685. The third kappa shape index (κ3) is 3.15. The van der Waals surface area contributed by atoms with E-state index in [1.807, 2.05) is 4.90 Å². The van der Waals surface area contributed by atoms with Gasteiger partial charge in [-0.15, -0.1) is 0 Å². The zero-order chi connectivity index (χ0) is 14.8. The first-order valence-electron chi connectivity index (χ1n) is 7.71. The highest BCUT2D eigenvalue weighted by Crippen LogP contribution is 2.32. The van der Waals surface area contributed by atoms with E-state index in [1.54, 1.807) is 0 Å². The molecule has 5 heteroatoms. The molecule has 2 aliphatic heterocycles. The summed E-state index contributed by atoms with van der Waals surface area (Å²) >= 11 is 0. The number of nitrogens with zero attached hydrogens (tertiary/aromatic N) is 2. The third-order valence-electron chi connectivity index (χ3n) is 4.81. The molecule has 0 bridgehead atoms. The van der Waals surface area contributed by atoms with Crippen LogP contribution in [0.25, 0.3) is 0 Å². The van der Waals surface area contributed by atoms with Crippen LogP contribution in [0.15, 0.2) is 0 Å². The van der Waals surface area contributed by atoms with Gasteiger partial charge in [-0.05, 0) is 33.6 Å². The maximum Gasteiger partial charge on any atom is 0.230 e. The van der Waals surface area contributed by atoms with Gasteiger partial charge in [0.15, 0.2) is 0 Å². The Labute approximate surface area is 122 Å². The van der Waals surface area contributed by atoms with Gasteiger partial charge in [-0.1, -0.05) is 0 Å². The second kappa shape index (κ2) is 6.00. The van der Waals surface area contributed by atoms with E-state index >= 15 is 0 Å². The third-order valence-corrected chi connectivity index (χ3v) is 4.81. The van der Waals surface area contributed by atoms with Crippen LogP contribution >= 0.6 is 0 Å². The van der Waals surface area contributed by atoms with Crippen molar-refractivity contribution in [1.29, 1.82) is 0 Å². The number of ether oxygens (including phenoxy) is 1. The van der Waals surface area contributed by atoms with Crippen LogP contribution in [-0.2, 0) is 9.53 Å². The highest BCUT2D eigenvalue weighted by Gasteiger charge is 2.42. The minimum atomic E-state index is -0.373. The van der Waals surface area contributed by atoms with E-state index in [0.717, 1.165) is 39.0 Å². The maximum absolute atomic E-state index is 12.8. The predicted molar refractivity (Wildman–Crippen MR) is 79.4 cm³/mol. The second-order valence-corrected chi connectivity index (χ2v) is 7.05. The lowest BCUT2D eigenvalue weighted by atomic mass is 9.78. The van der Waals surface area contributed by atoms with E-state index in [2.05, 4.69) is 25.7 Å². The van der Waals surface area contributed by atoms with Crippen LogP contribution in [0.2, 0.25) is 0 Å². The van der Waals surface area contributed by atoms with Gasteiger partial charge in [-0.2, -0.15) is 0 Å². The summed E-state index contributed by atoms with van der Waals surface area (Å²) in [6.45, 7) is 12.0. The quantitative estimate of drug-likeness (QED) is 0.810. The summed E-state index contributed by atoms with van der Waals surface area (Å²) in [7, 11) is 0. The van der Waals surface area contributed by atoms with Crippen LogP contribution in [0.5, 0.6) is 0 Å². The van der Waals surface area contributed by atoms with Gasteiger partial charge in [0.05, 0.1) is 5.41 Å². The van der Waals surface area contributed by atoms with Crippen LogP contribution in [-0.4, -0.2) is 67.2 Å². The van der Waals surface area contributed by atoms with Crippen molar-refractivity contribution in [2.45, 2.75) is 39.2 Å². The summed E-state index contributed by atoms with van der Waals surface area (Å²) in [6, 6.07) is 0. The molecule has 5 nitrogen and oxygen atoms in total. The molecule has 0 aromatic rings. The lowest BCUT2D eigenvalue weighted by molar-refractivity contribution is -0.149. The number of carbonyl (C=O) groups excluding carboxylic acids is 1. The van der Waals surface area contributed by atoms with Crippen molar-refractivity contribution in [3.63, 3.8) is 0 Å². The number of piperazine rings is 1. The smallest absolute Gasteiger partial charge is 0.230 e. The monoisotopic (exact) mass is 283 g/mol. The topological polar surface area (TPSA) is 58.8 Å². The Morgan fingerprint density at radius 2 is 1.70 bits per heavy atom. The molecule has 0 aromatic heterocycles. The van der Waals surface area contributed by atoms with Gasteiger partial charge in [-0.3, -0.25) is 9.69 Å². The summed E-state index contributed by atoms with van der Waals surface area (Å²) in [5.74, 6) is 0.247. The molecule has 2 saturated heterocycles. The van der Waals surface area contributed by atoms with Crippen molar-refractivity contribution in [3.05, 3.63) is 0 Å². The highest BCUT2D eigenvalue weighted by molar-refractivity contribution is 5.83. The van der Waals surface area contributed by atoms with Gasteiger partial charge < -0.3 is 15.4 Å². The van der Waals surface area contributed by atoms with E-state index in [0.29, 0.717) is 19.8 Å². The molecule has 2 fully saturated rings. The van der Waals surface area contributed by atoms with Gasteiger partial charge in [0.1, 0.15) is 0 Å². The van der Waals surface area contributed by atoms with Crippen LogP contribution in [0.3, 0.4) is 0 Å². The number of nitrogens with two attached hydrogens (primary N) is 1. The summed E-state index contributed by atoms with van der Waals surface area (Å²) in [5.41, 5.74) is 5.74. The first-order valence-corrected chi connectivity index (χ1v) is 7.71. The fraction of sp³-hybridized carbons (Fsp3) is 0.933. The number of hydrogen-bond acceptors (Lipinski definition) is 4. The Balaban J connectivity index is 1.97. The Hall–Kier alpha value is -0.650. The highest BCUT2D eigenvalue weighted by atomic mass is 16.5. The molecule has 2 heterocycles. The van der Waals surface area contributed by atoms with E-state index in [9.17, 15) is 4.79 Å². The fourth-order valence-electron chi connectivity index (χ4n) is 3.18. The number of amides is 1. The zero-order valence-electron chi connectivity index (χ0n) is 13.2. The Morgan fingerprint density at radius 1 is 1.15 bits per heavy atom. The van der Waals surface area contributed by atoms with Crippen LogP contribution < -0.4 is 5.73 Å². The van der Waals surface area contributed by atoms with Crippen LogP contribution in [0.4, 0.5) is 0 Å². The molecule has 0 saturated carbocycles. The molecular weight excluding hydrogens is 254 g/mol. The maximum atomic E-state index is 12.8.